The molecule has 3 nitrogen and oxygen atoms in total. The molecule has 1 rings (SSSR count). The van der Waals surface area contributed by atoms with Crippen LogP contribution in [-0.4, -0.2) is 16.4 Å². The van der Waals surface area contributed by atoms with Gasteiger partial charge in [0.1, 0.15) is 0 Å². The lowest BCUT2D eigenvalue weighted by Crippen LogP contribution is -2.38. The van der Waals surface area contributed by atoms with Crippen molar-refractivity contribution in [3.05, 3.63) is 0 Å². The maximum absolute atomic E-state index is 11.5. The molecule has 0 saturated heterocycles. The summed E-state index contributed by atoms with van der Waals surface area (Å²) in [6.07, 6.45) is 8.51. The van der Waals surface area contributed by atoms with Crippen LogP contribution >= 0.6 is 11.8 Å². The molecule has 1 amide bonds. The van der Waals surface area contributed by atoms with Gasteiger partial charge >= 0.3 is 0 Å². The molecule has 0 aromatic rings. The second kappa shape index (κ2) is 7.12. The van der Waals surface area contributed by atoms with Crippen molar-refractivity contribution in [1.82, 2.24) is 5.43 Å². The van der Waals surface area contributed by atoms with E-state index in [4.69, 9.17) is 5.84 Å². The zero-order valence-corrected chi connectivity index (χ0v) is 10.3. The fourth-order valence-corrected chi connectivity index (χ4v) is 3.68. The molecule has 0 heterocycles. The Hall–Kier alpha value is -0.220. The van der Waals surface area contributed by atoms with E-state index in [2.05, 4.69) is 12.3 Å². The lowest BCUT2D eigenvalue weighted by Gasteiger charge is -2.25. The van der Waals surface area contributed by atoms with Gasteiger partial charge in [0.15, 0.2) is 0 Å². The molecule has 1 fully saturated rings. The largest absolute Gasteiger partial charge is 0.293 e. The SMILES string of the molecule is CCCC(SC1CCCCC1)C(=O)NN. The quantitative estimate of drug-likeness (QED) is 0.432. The fraction of sp³-hybridized carbons (Fsp3) is 0.909. The van der Waals surface area contributed by atoms with Gasteiger partial charge in [0.05, 0.1) is 5.25 Å². The summed E-state index contributed by atoms with van der Waals surface area (Å²) in [6.45, 7) is 2.11. The number of hydrogen-bond donors (Lipinski definition) is 2. The van der Waals surface area contributed by atoms with E-state index in [0.717, 1.165) is 12.8 Å². The van der Waals surface area contributed by atoms with Crippen LogP contribution in [0.25, 0.3) is 0 Å². The molecular weight excluding hydrogens is 208 g/mol. The van der Waals surface area contributed by atoms with Crippen LogP contribution < -0.4 is 11.3 Å². The summed E-state index contributed by atoms with van der Waals surface area (Å²) < 4.78 is 0. The molecule has 1 atom stereocenters. The van der Waals surface area contributed by atoms with Crippen LogP contribution in [0.3, 0.4) is 0 Å². The molecule has 4 heteroatoms. The van der Waals surface area contributed by atoms with Crippen LogP contribution in [0.4, 0.5) is 0 Å². The van der Waals surface area contributed by atoms with Crippen molar-refractivity contribution in [3.8, 4) is 0 Å². The van der Waals surface area contributed by atoms with E-state index < -0.39 is 0 Å². The van der Waals surface area contributed by atoms with Crippen molar-refractivity contribution in [2.45, 2.75) is 62.4 Å². The number of thioether (sulfide) groups is 1. The predicted molar refractivity (Wildman–Crippen MR) is 65.5 cm³/mol. The van der Waals surface area contributed by atoms with Gasteiger partial charge in [0.2, 0.25) is 5.91 Å². The number of hydrogen-bond acceptors (Lipinski definition) is 3. The molecule has 15 heavy (non-hydrogen) atoms. The first-order valence-electron chi connectivity index (χ1n) is 5.93. The lowest BCUT2D eigenvalue weighted by atomic mass is 10.0. The number of rotatable bonds is 5. The third kappa shape index (κ3) is 4.43. The number of nitrogens with one attached hydrogen (secondary N) is 1. The summed E-state index contributed by atoms with van der Waals surface area (Å²) in [5.41, 5.74) is 2.28. The highest BCUT2D eigenvalue weighted by Gasteiger charge is 2.23. The molecule has 0 aliphatic heterocycles. The summed E-state index contributed by atoms with van der Waals surface area (Å²) in [6, 6.07) is 0. The van der Waals surface area contributed by atoms with Gasteiger partial charge in [0.25, 0.3) is 0 Å². The van der Waals surface area contributed by atoms with E-state index in [9.17, 15) is 4.79 Å². The van der Waals surface area contributed by atoms with Gasteiger partial charge in [0, 0.05) is 5.25 Å². The van der Waals surface area contributed by atoms with Crippen molar-refractivity contribution < 1.29 is 4.79 Å². The summed E-state index contributed by atoms with van der Waals surface area (Å²) >= 11 is 1.83. The number of carbonyl (C=O) groups excluding carboxylic acids is 1. The molecule has 0 aromatic carbocycles. The van der Waals surface area contributed by atoms with E-state index in [-0.39, 0.29) is 11.2 Å². The topological polar surface area (TPSA) is 55.1 Å². The van der Waals surface area contributed by atoms with Gasteiger partial charge in [-0.3, -0.25) is 10.2 Å². The first kappa shape index (κ1) is 12.8. The Morgan fingerprint density at radius 3 is 2.67 bits per heavy atom. The molecule has 1 aliphatic rings. The zero-order valence-electron chi connectivity index (χ0n) is 9.50. The summed E-state index contributed by atoms with van der Waals surface area (Å²) in [4.78, 5) is 11.5. The second-order valence-corrected chi connectivity index (χ2v) is 5.69. The van der Waals surface area contributed by atoms with Gasteiger partial charge in [-0.05, 0) is 19.3 Å². The highest BCUT2D eigenvalue weighted by molar-refractivity contribution is 8.01. The molecule has 0 bridgehead atoms. The third-order valence-electron chi connectivity index (χ3n) is 2.89. The summed E-state index contributed by atoms with van der Waals surface area (Å²) in [5, 5.41) is 0.732. The van der Waals surface area contributed by atoms with Gasteiger partial charge in [-0.15, -0.1) is 11.8 Å². The van der Waals surface area contributed by atoms with Crippen LogP contribution in [0.1, 0.15) is 51.9 Å². The number of nitrogens with two attached hydrogens (primary N) is 1. The van der Waals surface area contributed by atoms with Gasteiger partial charge in [-0.25, -0.2) is 5.84 Å². The average molecular weight is 230 g/mol. The van der Waals surface area contributed by atoms with E-state index in [1.54, 1.807) is 0 Å². The smallest absolute Gasteiger partial charge is 0.246 e. The molecule has 0 radical (unpaired) electrons. The molecular formula is C11H22N2OS. The highest BCUT2D eigenvalue weighted by atomic mass is 32.2. The van der Waals surface area contributed by atoms with E-state index in [1.165, 1.54) is 32.1 Å². The highest BCUT2D eigenvalue weighted by Crippen LogP contribution is 2.32. The molecule has 0 spiro atoms. The van der Waals surface area contributed by atoms with Gasteiger partial charge < -0.3 is 0 Å². The van der Waals surface area contributed by atoms with E-state index in [0.29, 0.717) is 5.25 Å². The zero-order chi connectivity index (χ0) is 11.1. The molecule has 1 saturated carbocycles. The molecule has 88 valence electrons. The summed E-state index contributed by atoms with van der Waals surface area (Å²) in [5.74, 6) is 5.19. The lowest BCUT2D eigenvalue weighted by molar-refractivity contribution is -0.120. The molecule has 3 N–H and O–H groups in total. The fourth-order valence-electron chi connectivity index (χ4n) is 2.05. The minimum Gasteiger partial charge on any atom is -0.293 e. The van der Waals surface area contributed by atoms with Crippen LogP contribution in [0.5, 0.6) is 0 Å². The number of carbonyl (C=O) groups is 1. The minimum absolute atomic E-state index is 0.00702. The standard InChI is InChI=1S/C11H22N2OS/c1-2-6-10(11(14)13-12)15-9-7-4-3-5-8-9/h9-10H,2-8,12H2,1H3,(H,13,14). The molecule has 1 aliphatic carbocycles. The Labute approximate surface area is 96.5 Å². The predicted octanol–water partition coefficient (Wildman–Crippen LogP) is 2.21. The Bertz CT molecular complexity index is 193. The van der Waals surface area contributed by atoms with Gasteiger partial charge in [-0.2, -0.15) is 0 Å². The van der Waals surface area contributed by atoms with Crippen molar-refractivity contribution in [2.24, 2.45) is 5.84 Å². The first-order chi connectivity index (χ1) is 7.27. The number of amides is 1. The number of hydrazine groups is 1. The Morgan fingerprint density at radius 2 is 2.13 bits per heavy atom. The third-order valence-corrected chi connectivity index (χ3v) is 4.53. The van der Waals surface area contributed by atoms with Crippen molar-refractivity contribution >= 4 is 17.7 Å². The monoisotopic (exact) mass is 230 g/mol. The van der Waals surface area contributed by atoms with E-state index in [1.807, 2.05) is 11.8 Å². The van der Waals surface area contributed by atoms with Crippen LogP contribution in [0.2, 0.25) is 0 Å². The second-order valence-electron chi connectivity index (χ2n) is 4.18. The Morgan fingerprint density at radius 1 is 1.47 bits per heavy atom. The molecule has 0 aromatic heterocycles. The Balaban J connectivity index is 2.38. The van der Waals surface area contributed by atoms with Crippen LogP contribution in [0.15, 0.2) is 0 Å². The molecule has 1 unspecified atom stereocenters. The summed E-state index contributed by atoms with van der Waals surface area (Å²) in [7, 11) is 0. The first-order valence-corrected chi connectivity index (χ1v) is 6.88. The average Bonchev–Trinajstić information content (AvgIpc) is 2.29. The van der Waals surface area contributed by atoms with Gasteiger partial charge in [-0.1, -0.05) is 32.6 Å². The maximum Gasteiger partial charge on any atom is 0.246 e. The minimum atomic E-state index is -0.00702. The normalized spacial score (nSPS) is 19.9. The van der Waals surface area contributed by atoms with Crippen LogP contribution in [-0.2, 0) is 4.79 Å². The van der Waals surface area contributed by atoms with Crippen molar-refractivity contribution in [1.29, 1.82) is 0 Å². The van der Waals surface area contributed by atoms with Crippen LogP contribution in [0, 0.1) is 0 Å². The van der Waals surface area contributed by atoms with Crippen molar-refractivity contribution in [2.75, 3.05) is 0 Å². The van der Waals surface area contributed by atoms with E-state index >= 15 is 0 Å². The Kier molecular flexibility index (Phi) is 6.10. The van der Waals surface area contributed by atoms with Crippen molar-refractivity contribution in [3.63, 3.8) is 0 Å². The maximum atomic E-state index is 11.5.